The molecule has 0 radical (unpaired) electrons. The van der Waals surface area contributed by atoms with Gasteiger partial charge in [-0.3, -0.25) is 0 Å². The molecule has 0 spiro atoms. The number of likely N-dealkylation sites (tertiary alicyclic amines) is 1. The van der Waals surface area contributed by atoms with Crippen LogP contribution in [-0.2, 0) is 0 Å². The van der Waals surface area contributed by atoms with Crippen LogP contribution >= 0.6 is 0 Å². The number of carbonyl (C=O) groups is 1. The molecule has 1 aliphatic heterocycles. The van der Waals surface area contributed by atoms with E-state index in [-0.39, 0.29) is 18.4 Å². The Hall–Kier alpha value is -1.66. The quantitative estimate of drug-likeness (QED) is 0.715. The molecule has 2 atom stereocenters. The average molecular weight is 337 g/mol. The molecule has 134 valence electrons. The van der Waals surface area contributed by atoms with Gasteiger partial charge in [-0.2, -0.15) is 0 Å². The maximum absolute atomic E-state index is 12.8. The Morgan fingerprint density at radius 2 is 1.79 bits per heavy atom. The molecular formula is C18H28FN3O2. The number of carbonyl (C=O) groups excluding carboxylic acids is 1. The van der Waals surface area contributed by atoms with Crippen molar-refractivity contribution in [2.45, 2.75) is 32.3 Å². The number of hydrogen-bond acceptors (Lipinski definition) is 3. The van der Waals surface area contributed by atoms with Crippen LogP contribution in [0.5, 0.6) is 0 Å². The zero-order chi connectivity index (χ0) is 17.4. The minimum atomic E-state index is -0.845. The maximum atomic E-state index is 12.8. The van der Waals surface area contributed by atoms with E-state index in [9.17, 15) is 14.3 Å². The van der Waals surface area contributed by atoms with Crippen molar-refractivity contribution in [3.05, 3.63) is 35.6 Å². The van der Waals surface area contributed by atoms with Crippen LogP contribution in [0.25, 0.3) is 0 Å². The number of urea groups is 1. The van der Waals surface area contributed by atoms with E-state index < -0.39 is 6.10 Å². The summed E-state index contributed by atoms with van der Waals surface area (Å²) in [5, 5.41) is 15.5. The predicted octanol–water partition coefficient (Wildman–Crippen LogP) is 2.28. The van der Waals surface area contributed by atoms with Crippen LogP contribution in [0.4, 0.5) is 9.18 Å². The molecule has 2 rings (SSSR count). The van der Waals surface area contributed by atoms with Gasteiger partial charge in [-0.25, -0.2) is 9.18 Å². The number of rotatable bonds is 7. The molecule has 24 heavy (non-hydrogen) atoms. The molecule has 2 unspecified atom stereocenters. The fourth-order valence-corrected chi connectivity index (χ4v) is 2.97. The lowest BCUT2D eigenvalue weighted by Gasteiger charge is -2.29. The molecule has 0 bridgehead atoms. The maximum Gasteiger partial charge on any atom is 0.314 e. The van der Waals surface area contributed by atoms with E-state index in [4.69, 9.17) is 0 Å². The molecule has 1 aromatic carbocycles. The van der Waals surface area contributed by atoms with Crippen molar-refractivity contribution in [3.63, 3.8) is 0 Å². The molecular weight excluding hydrogens is 309 g/mol. The van der Waals surface area contributed by atoms with E-state index in [0.717, 1.165) is 19.6 Å². The number of aliphatic hydroxyl groups is 1. The van der Waals surface area contributed by atoms with Gasteiger partial charge in [0.15, 0.2) is 0 Å². The third-order valence-electron chi connectivity index (χ3n) is 4.34. The van der Waals surface area contributed by atoms with Gasteiger partial charge < -0.3 is 20.6 Å². The Labute approximate surface area is 143 Å². The highest BCUT2D eigenvalue weighted by Crippen LogP contribution is 2.12. The Bertz CT molecular complexity index is 503. The summed E-state index contributed by atoms with van der Waals surface area (Å²) in [5.41, 5.74) is 0.579. The Morgan fingerprint density at radius 1 is 1.17 bits per heavy atom. The second-order valence-electron chi connectivity index (χ2n) is 6.62. The minimum absolute atomic E-state index is 0.0952. The number of aliphatic hydroxyl groups excluding tert-OH is 1. The molecule has 1 heterocycles. The number of benzene rings is 1. The molecule has 1 aliphatic rings. The Balaban J connectivity index is 1.62. The van der Waals surface area contributed by atoms with Gasteiger partial charge in [-0.1, -0.05) is 25.5 Å². The first-order valence-corrected chi connectivity index (χ1v) is 8.72. The lowest BCUT2D eigenvalue weighted by atomic mass is 10.1. The predicted molar refractivity (Wildman–Crippen MR) is 92.2 cm³/mol. The summed E-state index contributed by atoms with van der Waals surface area (Å²) in [6.07, 6.45) is 3.01. The zero-order valence-electron chi connectivity index (χ0n) is 14.3. The van der Waals surface area contributed by atoms with E-state index in [1.807, 2.05) is 0 Å². The molecule has 3 N–H and O–H groups in total. The van der Waals surface area contributed by atoms with Gasteiger partial charge >= 0.3 is 6.03 Å². The Kier molecular flexibility index (Phi) is 7.46. The summed E-state index contributed by atoms with van der Waals surface area (Å²) in [6, 6.07) is 5.32. The third kappa shape index (κ3) is 6.45. The topological polar surface area (TPSA) is 64.6 Å². The van der Waals surface area contributed by atoms with E-state index in [0.29, 0.717) is 18.0 Å². The van der Waals surface area contributed by atoms with Crippen molar-refractivity contribution < 1.29 is 14.3 Å². The number of hydrogen-bond donors (Lipinski definition) is 3. The van der Waals surface area contributed by atoms with Crippen molar-refractivity contribution in [1.29, 1.82) is 0 Å². The second-order valence-corrected chi connectivity index (χ2v) is 6.62. The van der Waals surface area contributed by atoms with Crippen LogP contribution in [0, 0.1) is 11.7 Å². The van der Waals surface area contributed by atoms with Crippen molar-refractivity contribution >= 4 is 6.03 Å². The lowest BCUT2D eigenvalue weighted by Crippen LogP contribution is -2.42. The molecule has 1 saturated heterocycles. The van der Waals surface area contributed by atoms with Crippen molar-refractivity contribution in [3.8, 4) is 0 Å². The highest BCUT2D eigenvalue weighted by Gasteiger charge is 2.14. The summed E-state index contributed by atoms with van der Waals surface area (Å²) in [5.74, 6) is 0.0372. The fourth-order valence-electron chi connectivity index (χ4n) is 2.97. The first kappa shape index (κ1) is 18.7. The van der Waals surface area contributed by atoms with E-state index >= 15 is 0 Å². The van der Waals surface area contributed by atoms with Crippen LogP contribution in [-0.4, -0.2) is 48.8 Å². The number of piperidine rings is 1. The SMILES string of the molecule is CC(CNC(=O)NCC(O)c1ccc(F)cc1)CN1CCCCC1. The number of amides is 2. The fraction of sp³-hybridized carbons (Fsp3) is 0.611. The van der Waals surface area contributed by atoms with Crippen LogP contribution in [0.3, 0.4) is 0 Å². The van der Waals surface area contributed by atoms with Gasteiger partial charge in [0.2, 0.25) is 0 Å². The van der Waals surface area contributed by atoms with Crippen molar-refractivity contribution in [1.82, 2.24) is 15.5 Å². The van der Waals surface area contributed by atoms with Gasteiger partial charge in [-0.05, 0) is 49.5 Å². The van der Waals surface area contributed by atoms with Gasteiger partial charge in [0.05, 0.1) is 6.10 Å². The van der Waals surface area contributed by atoms with Crippen LogP contribution < -0.4 is 10.6 Å². The van der Waals surface area contributed by atoms with Crippen LogP contribution in [0.2, 0.25) is 0 Å². The molecule has 0 aromatic heterocycles. The summed E-state index contributed by atoms with van der Waals surface area (Å²) in [4.78, 5) is 14.3. The normalized spacial score (nSPS) is 18.0. The zero-order valence-corrected chi connectivity index (χ0v) is 14.3. The first-order valence-electron chi connectivity index (χ1n) is 8.72. The Morgan fingerprint density at radius 3 is 2.46 bits per heavy atom. The third-order valence-corrected chi connectivity index (χ3v) is 4.34. The summed E-state index contributed by atoms with van der Waals surface area (Å²) in [6.45, 7) is 6.13. The van der Waals surface area contributed by atoms with Gasteiger partial charge in [0, 0.05) is 19.6 Å². The number of nitrogens with one attached hydrogen (secondary N) is 2. The van der Waals surface area contributed by atoms with E-state index in [1.54, 1.807) is 0 Å². The highest BCUT2D eigenvalue weighted by atomic mass is 19.1. The molecule has 1 aromatic rings. The molecule has 2 amide bonds. The summed E-state index contributed by atoms with van der Waals surface area (Å²) >= 11 is 0. The lowest BCUT2D eigenvalue weighted by molar-refractivity contribution is 0.171. The van der Waals surface area contributed by atoms with Gasteiger partial charge in [0.25, 0.3) is 0 Å². The highest BCUT2D eigenvalue weighted by molar-refractivity contribution is 5.73. The van der Waals surface area contributed by atoms with E-state index in [1.165, 1.54) is 43.5 Å². The molecule has 5 nitrogen and oxygen atoms in total. The average Bonchev–Trinajstić information content (AvgIpc) is 2.59. The van der Waals surface area contributed by atoms with Crippen LogP contribution in [0.1, 0.15) is 37.9 Å². The van der Waals surface area contributed by atoms with Crippen molar-refractivity contribution in [2.24, 2.45) is 5.92 Å². The van der Waals surface area contributed by atoms with Crippen LogP contribution in [0.15, 0.2) is 24.3 Å². The second kappa shape index (κ2) is 9.59. The standard InChI is InChI=1S/C18H28FN3O2/c1-14(13-22-9-3-2-4-10-22)11-20-18(24)21-12-17(23)15-5-7-16(19)8-6-15/h5-8,14,17,23H,2-4,9-13H2,1H3,(H2,20,21,24). The van der Waals surface area contributed by atoms with Crippen molar-refractivity contribution in [2.75, 3.05) is 32.7 Å². The van der Waals surface area contributed by atoms with Gasteiger partial charge in [-0.15, -0.1) is 0 Å². The van der Waals surface area contributed by atoms with Gasteiger partial charge in [0.1, 0.15) is 5.82 Å². The molecule has 0 saturated carbocycles. The summed E-state index contributed by atoms with van der Waals surface area (Å²) in [7, 11) is 0. The summed E-state index contributed by atoms with van der Waals surface area (Å²) < 4.78 is 12.8. The van der Waals surface area contributed by atoms with E-state index in [2.05, 4.69) is 22.5 Å². The number of nitrogens with zero attached hydrogens (tertiary/aromatic N) is 1. The minimum Gasteiger partial charge on any atom is -0.387 e. The number of halogens is 1. The smallest absolute Gasteiger partial charge is 0.314 e. The molecule has 0 aliphatic carbocycles. The molecule has 1 fully saturated rings. The largest absolute Gasteiger partial charge is 0.387 e. The monoisotopic (exact) mass is 337 g/mol. The first-order chi connectivity index (χ1) is 11.5. The molecule has 6 heteroatoms.